The molecule has 1 aromatic carbocycles. The molecule has 1 aliphatic rings. The zero-order chi connectivity index (χ0) is 13.1. The van der Waals surface area contributed by atoms with Gasteiger partial charge in [-0.05, 0) is 47.9 Å². The fraction of sp³-hybridized carbons (Fsp3) is 0.462. The lowest BCUT2D eigenvalue weighted by Crippen LogP contribution is -2.28. The lowest BCUT2D eigenvalue weighted by molar-refractivity contribution is 0.0904. The predicted molar refractivity (Wildman–Crippen MR) is 71.4 cm³/mol. The number of nitrogens with zero attached hydrogens (tertiary/aromatic N) is 4. The first-order chi connectivity index (χ1) is 9.33. The van der Waals surface area contributed by atoms with Crippen molar-refractivity contribution in [2.75, 3.05) is 18.5 Å². The lowest BCUT2D eigenvalue weighted by Gasteiger charge is -2.25. The number of hydrogen-bond acceptors (Lipinski definition) is 5. The molecule has 0 radical (unpaired) electrons. The summed E-state index contributed by atoms with van der Waals surface area (Å²) in [6.07, 6.45) is 3.70. The molecule has 2 aromatic rings. The first-order valence-electron chi connectivity index (χ1n) is 6.51. The Bertz CT molecular complexity index is 534. The Morgan fingerprint density at radius 1 is 1.32 bits per heavy atom. The first kappa shape index (κ1) is 12.1. The molecule has 3 rings (SSSR count). The van der Waals surface area contributed by atoms with Gasteiger partial charge >= 0.3 is 0 Å². The summed E-state index contributed by atoms with van der Waals surface area (Å²) < 4.78 is 7.04. The number of benzene rings is 1. The second-order valence-electron chi connectivity index (χ2n) is 4.78. The number of anilines is 1. The summed E-state index contributed by atoms with van der Waals surface area (Å²) in [4.78, 5) is 0. The Hall–Kier alpha value is -1.95. The third-order valence-corrected chi connectivity index (χ3v) is 3.42. The van der Waals surface area contributed by atoms with E-state index in [1.807, 2.05) is 6.07 Å². The van der Waals surface area contributed by atoms with Crippen molar-refractivity contribution in [1.29, 1.82) is 0 Å². The van der Waals surface area contributed by atoms with Gasteiger partial charge in [-0.3, -0.25) is 0 Å². The van der Waals surface area contributed by atoms with Crippen LogP contribution in [-0.4, -0.2) is 39.5 Å². The van der Waals surface area contributed by atoms with Crippen LogP contribution in [0.15, 0.2) is 24.5 Å². The van der Waals surface area contributed by atoms with Crippen LogP contribution in [-0.2, 0) is 4.74 Å². The molecule has 0 unspecified atom stereocenters. The summed E-state index contributed by atoms with van der Waals surface area (Å²) in [5.41, 5.74) is 3.33. The first-order valence-corrected chi connectivity index (χ1v) is 6.51. The van der Waals surface area contributed by atoms with Gasteiger partial charge in [0.25, 0.3) is 0 Å². The van der Waals surface area contributed by atoms with Gasteiger partial charge in [0.15, 0.2) is 0 Å². The van der Waals surface area contributed by atoms with E-state index in [9.17, 15) is 0 Å². The molecule has 0 spiro atoms. The van der Waals surface area contributed by atoms with Gasteiger partial charge in [0, 0.05) is 24.9 Å². The number of nitrogens with one attached hydrogen (secondary N) is 1. The summed E-state index contributed by atoms with van der Waals surface area (Å²) in [6, 6.07) is 6.66. The summed E-state index contributed by atoms with van der Waals surface area (Å²) in [5, 5.41) is 14.8. The number of rotatable bonds is 3. The average Bonchev–Trinajstić information content (AvgIpc) is 2.96. The molecular formula is C13H17N5O. The molecule has 2 heterocycles. The molecule has 1 fully saturated rings. The van der Waals surface area contributed by atoms with E-state index in [4.69, 9.17) is 4.74 Å². The van der Waals surface area contributed by atoms with E-state index >= 15 is 0 Å². The number of hydrogen-bond donors (Lipinski definition) is 1. The van der Waals surface area contributed by atoms with Crippen molar-refractivity contribution in [3.8, 4) is 5.69 Å². The number of aromatic nitrogens is 4. The van der Waals surface area contributed by atoms with Crippen LogP contribution in [0.25, 0.3) is 5.69 Å². The van der Waals surface area contributed by atoms with E-state index in [-0.39, 0.29) is 0 Å². The zero-order valence-electron chi connectivity index (χ0n) is 10.9. The molecule has 1 aliphatic heterocycles. The molecule has 0 bridgehead atoms. The highest BCUT2D eigenvalue weighted by atomic mass is 16.5. The molecule has 0 aliphatic carbocycles. The van der Waals surface area contributed by atoms with Crippen molar-refractivity contribution in [2.24, 2.45) is 0 Å². The van der Waals surface area contributed by atoms with Crippen LogP contribution in [0.1, 0.15) is 18.4 Å². The van der Waals surface area contributed by atoms with Crippen molar-refractivity contribution in [2.45, 2.75) is 25.8 Å². The standard InChI is InChI=1S/C13H17N5O/c1-10-2-3-12(18-9-14-16-17-18)8-13(10)15-11-4-6-19-7-5-11/h2-3,8-9,11,15H,4-7H2,1H3. The summed E-state index contributed by atoms with van der Waals surface area (Å²) in [5.74, 6) is 0. The van der Waals surface area contributed by atoms with Crippen LogP contribution in [0.2, 0.25) is 0 Å². The van der Waals surface area contributed by atoms with Crippen LogP contribution in [0.4, 0.5) is 5.69 Å². The van der Waals surface area contributed by atoms with Gasteiger partial charge in [-0.15, -0.1) is 5.10 Å². The monoisotopic (exact) mass is 259 g/mol. The average molecular weight is 259 g/mol. The Morgan fingerprint density at radius 2 is 2.16 bits per heavy atom. The second kappa shape index (κ2) is 5.36. The van der Waals surface area contributed by atoms with Crippen LogP contribution in [0.5, 0.6) is 0 Å². The van der Waals surface area contributed by atoms with Crippen molar-refractivity contribution in [3.05, 3.63) is 30.1 Å². The van der Waals surface area contributed by atoms with E-state index in [1.165, 1.54) is 5.56 Å². The molecule has 6 heteroatoms. The van der Waals surface area contributed by atoms with Crippen LogP contribution >= 0.6 is 0 Å². The molecule has 0 atom stereocenters. The van der Waals surface area contributed by atoms with Crippen molar-refractivity contribution < 1.29 is 4.74 Å². The zero-order valence-corrected chi connectivity index (χ0v) is 10.9. The van der Waals surface area contributed by atoms with Crippen molar-refractivity contribution >= 4 is 5.69 Å². The smallest absolute Gasteiger partial charge is 0.143 e. The molecule has 19 heavy (non-hydrogen) atoms. The summed E-state index contributed by atoms with van der Waals surface area (Å²) in [7, 11) is 0. The third-order valence-electron chi connectivity index (χ3n) is 3.42. The highest BCUT2D eigenvalue weighted by molar-refractivity contribution is 5.57. The molecule has 1 N–H and O–H groups in total. The fourth-order valence-corrected chi connectivity index (χ4v) is 2.25. The third kappa shape index (κ3) is 2.73. The topological polar surface area (TPSA) is 64.9 Å². The lowest BCUT2D eigenvalue weighted by atomic mass is 10.1. The summed E-state index contributed by atoms with van der Waals surface area (Å²) >= 11 is 0. The van der Waals surface area contributed by atoms with Crippen molar-refractivity contribution in [1.82, 2.24) is 20.2 Å². The predicted octanol–water partition coefficient (Wildman–Crippen LogP) is 1.56. The van der Waals surface area contributed by atoms with E-state index in [0.717, 1.165) is 37.4 Å². The maximum absolute atomic E-state index is 5.38. The van der Waals surface area contributed by atoms with Gasteiger partial charge in [-0.25, -0.2) is 4.68 Å². The highest BCUT2D eigenvalue weighted by Gasteiger charge is 2.14. The second-order valence-corrected chi connectivity index (χ2v) is 4.78. The normalized spacial score (nSPS) is 16.5. The van der Waals surface area contributed by atoms with Gasteiger partial charge in [-0.2, -0.15) is 0 Å². The molecule has 0 saturated carbocycles. The van der Waals surface area contributed by atoms with Gasteiger partial charge in [0.05, 0.1) is 5.69 Å². The molecule has 1 aromatic heterocycles. The Kier molecular flexibility index (Phi) is 3.41. The minimum atomic E-state index is 0.483. The molecule has 6 nitrogen and oxygen atoms in total. The number of aryl methyl sites for hydroxylation is 1. The van der Waals surface area contributed by atoms with Gasteiger partial charge in [0.2, 0.25) is 0 Å². The highest BCUT2D eigenvalue weighted by Crippen LogP contribution is 2.22. The Labute approximate surface area is 111 Å². The number of ether oxygens (including phenoxy) is 1. The van der Waals surface area contributed by atoms with E-state index in [1.54, 1.807) is 11.0 Å². The van der Waals surface area contributed by atoms with E-state index in [2.05, 4.69) is 39.9 Å². The van der Waals surface area contributed by atoms with Crippen LogP contribution in [0, 0.1) is 6.92 Å². The minimum Gasteiger partial charge on any atom is -0.382 e. The molecule has 0 amide bonds. The van der Waals surface area contributed by atoms with Gasteiger partial charge < -0.3 is 10.1 Å². The minimum absolute atomic E-state index is 0.483. The maximum Gasteiger partial charge on any atom is 0.143 e. The van der Waals surface area contributed by atoms with Gasteiger partial charge in [0.1, 0.15) is 6.33 Å². The fourth-order valence-electron chi connectivity index (χ4n) is 2.25. The largest absolute Gasteiger partial charge is 0.382 e. The molecule has 1 saturated heterocycles. The van der Waals surface area contributed by atoms with Crippen molar-refractivity contribution in [3.63, 3.8) is 0 Å². The SMILES string of the molecule is Cc1ccc(-n2cnnn2)cc1NC1CCOCC1. The Morgan fingerprint density at radius 3 is 2.89 bits per heavy atom. The quantitative estimate of drug-likeness (QED) is 0.906. The Balaban J connectivity index is 1.81. The van der Waals surface area contributed by atoms with Crippen LogP contribution < -0.4 is 5.32 Å². The summed E-state index contributed by atoms with van der Waals surface area (Å²) in [6.45, 7) is 3.78. The van der Waals surface area contributed by atoms with Gasteiger partial charge in [-0.1, -0.05) is 6.07 Å². The maximum atomic E-state index is 5.38. The molecular weight excluding hydrogens is 242 g/mol. The molecule has 100 valence electrons. The number of tetrazole rings is 1. The van der Waals surface area contributed by atoms with E-state index in [0.29, 0.717) is 6.04 Å². The van der Waals surface area contributed by atoms with Crippen LogP contribution in [0.3, 0.4) is 0 Å². The van der Waals surface area contributed by atoms with E-state index < -0.39 is 0 Å².